The number of hydrogen-bond donors (Lipinski definition) is 2. The molecule has 0 bridgehead atoms. The molecule has 2 heterocycles. The van der Waals surface area contributed by atoms with Crippen LogP contribution in [0.1, 0.15) is 23.4 Å². The van der Waals surface area contributed by atoms with Crippen LogP contribution in [0, 0.1) is 0 Å². The summed E-state index contributed by atoms with van der Waals surface area (Å²) in [4.78, 5) is 20.6. The van der Waals surface area contributed by atoms with E-state index in [0.717, 1.165) is 21.5 Å². The Morgan fingerprint density at radius 2 is 2.04 bits per heavy atom. The zero-order valence-electron chi connectivity index (χ0n) is 12.8. The Balaban J connectivity index is 1.54. The number of nitrogens with one attached hydrogen (secondary N) is 2. The van der Waals surface area contributed by atoms with Gasteiger partial charge in [0.1, 0.15) is 0 Å². The summed E-state index contributed by atoms with van der Waals surface area (Å²) >= 11 is 1.60. The summed E-state index contributed by atoms with van der Waals surface area (Å²) in [7, 11) is 0. The van der Waals surface area contributed by atoms with Crippen molar-refractivity contribution in [3.8, 4) is 0 Å². The summed E-state index contributed by atoms with van der Waals surface area (Å²) < 4.78 is 0. The number of benzene rings is 1. The highest BCUT2D eigenvalue weighted by molar-refractivity contribution is 7.09. The Morgan fingerprint density at radius 3 is 2.87 bits per heavy atom. The first kappa shape index (κ1) is 15.4. The lowest BCUT2D eigenvalue weighted by molar-refractivity contribution is 0.240. The molecule has 2 aromatic heterocycles. The first-order chi connectivity index (χ1) is 11.2. The number of hydrogen-bond acceptors (Lipinski definition) is 4. The van der Waals surface area contributed by atoms with Crippen LogP contribution in [0.15, 0.2) is 48.1 Å². The van der Waals surface area contributed by atoms with Gasteiger partial charge in [-0.3, -0.25) is 4.98 Å². The molecule has 118 valence electrons. The summed E-state index contributed by atoms with van der Waals surface area (Å²) in [5, 5.41) is 9.83. The monoisotopic (exact) mass is 326 g/mol. The van der Waals surface area contributed by atoms with Gasteiger partial charge in [0.15, 0.2) is 0 Å². The van der Waals surface area contributed by atoms with Gasteiger partial charge in [0.25, 0.3) is 0 Å². The normalized spacial score (nSPS) is 12.0. The van der Waals surface area contributed by atoms with Crippen molar-refractivity contribution >= 4 is 28.3 Å². The van der Waals surface area contributed by atoms with Crippen LogP contribution in [-0.2, 0) is 6.54 Å². The molecule has 0 radical (unpaired) electrons. The number of amides is 2. The molecule has 1 aromatic carbocycles. The van der Waals surface area contributed by atoms with Crippen LogP contribution in [0.5, 0.6) is 0 Å². The molecule has 0 spiro atoms. The van der Waals surface area contributed by atoms with Crippen molar-refractivity contribution in [2.75, 3.05) is 6.54 Å². The van der Waals surface area contributed by atoms with Crippen molar-refractivity contribution in [1.29, 1.82) is 0 Å². The minimum Gasteiger partial charge on any atom is -0.337 e. The lowest BCUT2D eigenvalue weighted by Crippen LogP contribution is -2.37. The Morgan fingerprint density at radius 1 is 1.17 bits per heavy atom. The number of aromatic nitrogens is 2. The van der Waals surface area contributed by atoms with E-state index in [1.165, 1.54) is 0 Å². The lowest BCUT2D eigenvalue weighted by atomic mass is 10.1. The van der Waals surface area contributed by atoms with E-state index in [9.17, 15) is 4.79 Å². The molecule has 3 rings (SSSR count). The van der Waals surface area contributed by atoms with Crippen molar-refractivity contribution in [2.24, 2.45) is 0 Å². The van der Waals surface area contributed by atoms with Crippen LogP contribution in [0.2, 0.25) is 0 Å². The highest BCUT2D eigenvalue weighted by atomic mass is 32.1. The second-order valence-corrected chi connectivity index (χ2v) is 6.25. The fourth-order valence-corrected chi connectivity index (χ4v) is 3.06. The number of urea groups is 1. The van der Waals surface area contributed by atoms with Crippen molar-refractivity contribution in [3.05, 3.63) is 58.7 Å². The summed E-state index contributed by atoms with van der Waals surface area (Å²) in [6.45, 7) is 3.09. The summed E-state index contributed by atoms with van der Waals surface area (Å²) in [5.41, 5.74) is 1.99. The van der Waals surface area contributed by atoms with Gasteiger partial charge in [0.05, 0.1) is 10.5 Å². The van der Waals surface area contributed by atoms with E-state index in [-0.39, 0.29) is 11.9 Å². The highest BCUT2D eigenvalue weighted by Crippen LogP contribution is 2.17. The molecule has 1 atom stereocenters. The molecular weight excluding hydrogens is 308 g/mol. The maximum absolute atomic E-state index is 12.0. The van der Waals surface area contributed by atoms with Crippen molar-refractivity contribution in [2.45, 2.75) is 19.4 Å². The Bertz CT molecular complexity index is 783. The van der Waals surface area contributed by atoms with Crippen LogP contribution >= 0.6 is 11.3 Å². The van der Waals surface area contributed by atoms with Crippen LogP contribution < -0.4 is 10.6 Å². The predicted octanol–water partition coefficient (Wildman–Crippen LogP) is 3.29. The molecule has 23 heavy (non-hydrogen) atoms. The second-order valence-electron chi connectivity index (χ2n) is 5.32. The Kier molecular flexibility index (Phi) is 4.83. The summed E-state index contributed by atoms with van der Waals surface area (Å²) in [6.07, 6.45) is 3.55. The largest absolute Gasteiger partial charge is 0.337 e. The number of carbonyl (C=O) groups excluding carboxylic acids is 1. The van der Waals surface area contributed by atoms with Crippen molar-refractivity contribution in [3.63, 3.8) is 0 Å². The number of rotatable bonds is 5. The smallest absolute Gasteiger partial charge is 0.315 e. The van der Waals surface area contributed by atoms with Gasteiger partial charge < -0.3 is 10.6 Å². The van der Waals surface area contributed by atoms with E-state index in [4.69, 9.17) is 0 Å². The number of para-hydroxylation sites is 1. The lowest BCUT2D eigenvalue weighted by Gasteiger charge is -2.12. The third kappa shape index (κ3) is 3.84. The molecule has 2 N–H and O–H groups in total. The molecule has 0 aliphatic heterocycles. The molecule has 6 heteroatoms. The van der Waals surface area contributed by atoms with Gasteiger partial charge >= 0.3 is 6.03 Å². The quantitative estimate of drug-likeness (QED) is 0.756. The number of pyridine rings is 1. The molecule has 0 saturated carbocycles. The van der Waals surface area contributed by atoms with E-state index < -0.39 is 0 Å². The number of carbonyl (C=O) groups is 1. The molecule has 0 fully saturated rings. The Hall–Kier alpha value is -2.47. The van der Waals surface area contributed by atoms with Crippen molar-refractivity contribution < 1.29 is 4.79 Å². The van der Waals surface area contributed by atoms with E-state index >= 15 is 0 Å². The first-order valence-corrected chi connectivity index (χ1v) is 8.35. The zero-order chi connectivity index (χ0) is 16.1. The summed E-state index contributed by atoms with van der Waals surface area (Å²) in [6, 6.07) is 9.68. The van der Waals surface area contributed by atoms with Gasteiger partial charge in [0, 0.05) is 42.2 Å². The fraction of sp³-hybridized carbons (Fsp3) is 0.235. The molecule has 0 aliphatic carbocycles. The van der Waals surface area contributed by atoms with Gasteiger partial charge in [-0.2, -0.15) is 0 Å². The van der Waals surface area contributed by atoms with Gasteiger partial charge in [-0.1, -0.05) is 25.1 Å². The SMILES string of the molecule is CC(CNC(=O)NCc1ccnc2ccccc12)c1nccs1. The van der Waals surface area contributed by atoms with E-state index in [2.05, 4.69) is 27.5 Å². The standard InChI is InChI=1S/C17H18N4OS/c1-12(16-19-8-9-23-16)10-20-17(22)21-11-13-6-7-18-15-5-3-2-4-14(13)15/h2-9,12H,10-11H2,1H3,(H2,20,21,22). The summed E-state index contributed by atoms with van der Waals surface area (Å²) in [5.74, 6) is 0.211. The maximum Gasteiger partial charge on any atom is 0.315 e. The zero-order valence-corrected chi connectivity index (χ0v) is 13.6. The third-order valence-electron chi connectivity index (χ3n) is 3.62. The minimum absolute atomic E-state index is 0.172. The topological polar surface area (TPSA) is 66.9 Å². The average Bonchev–Trinajstić information content (AvgIpc) is 3.12. The predicted molar refractivity (Wildman–Crippen MR) is 92.5 cm³/mol. The van der Waals surface area contributed by atoms with Crippen LogP contribution in [0.4, 0.5) is 4.79 Å². The Labute approximate surface area is 138 Å². The average molecular weight is 326 g/mol. The highest BCUT2D eigenvalue weighted by Gasteiger charge is 2.10. The molecule has 2 amide bonds. The van der Waals surface area contributed by atoms with E-state index in [1.807, 2.05) is 35.7 Å². The van der Waals surface area contributed by atoms with Gasteiger partial charge in [0.2, 0.25) is 0 Å². The van der Waals surface area contributed by atoms with Gasteiger partial charge in [-0.05, 0) is 17.7 Å². The van der Waals surface area contributed by atoms with Crippen LogP contribution in [0.3, 0.4) is 0 Å². The second kappa shape index (κ2) is 7.19. The molecule has 0 aliphatic rings. The fourth-order valence-electron chi connectivity index (χ4n) is 2.36. The maximum atomic E-state index is 12.0. The van der Waals surface area contributed by atoms with Gasteiger partial charge in [-0.25, -0.2) is 9.78 Å². The molecule has 1 unspecified atom stereocenters. The number of thiazole rings is 1. The molecular formula is C17H18N4OS. The number of nitrogens with zero attached hydrogens (tertiary/aromatic N) is 2. The third-order valence-corrected chi connectivity index (χ3v) is 4.63. The van der Waals surface area contributed by atoms with E-state index in [1.54, 1.807) is 23.7 Å². The van der Waals surface area contributed by atoms with Gasteiger partial charge in [-0.15, -0.1) is 11.3 Å². The van der Waals surface area contributed by atoms with Crippen LogP contribution in [-0.4, -0.2) is 22.5 Å². The minimum atomic E-state index is -0.172. The number of fused-ring (bicyclic) bond motifs is 1. The van der Waals surface area contributed by atoms with Crippen LogP contribution in [0.25, 0.3) is 10.9 Å². The molecule has 5 nitrogen and oxygen atoms in total. The molecule has 0 saturated heterocycles. The molecule has 3 aromatic rings. The van der Waals surface area contributed by atoms with Crippen molar-refractivity contribution in [1.82, 2.24) is 20.6 Å². The van der Waals surface area contributed by atoms with E-state index in [0.29, 0.717) is 13.1 Å². The first-order valence-electron chi connectivity index (χ1n) is 7.48.